The summed E-state index contributed by atoms with van der Waals surface area (Å²) in [6, 6.07) is 0. The highest BCUT2D eigenvalue weighted by Gasteiger charge is 2.30. The highest BCUT2D eigenvalue weighted by molar-refractivity contribution is 5.95. The molecular weight excluding hydrogens is 160 g/mol. The fraction of sp³-hybridized carbons (Fsp3) is 0.545. The Morgan fingerprint density at radius 1 is 1.46 bits per heavy atom. The van der Waals surface area contributed by atoms with Crippen molar-refractivity contribution in [3.8, 4) is 0 Å². The molecule has 3 rings (SSSR count). The Kier molecular flexibility index (Phi) is 1.62. The fourth-order valence-corrected chi connectivity index (χ4v) is 2.53. The molecule has 3 aliphatic rings. The van der Waals surface area contributed by atoms with Gasteiger partial charge in [-0.1, -0.05) is 6.08 Å². The summed E-state index contributed by atoms with van der Waals surface area (Å²) in [5, 5.41) is 3.38. The third-order valence-electron chi connectivity index (χ3n) is 3.19. The van der Waals surface area contributed by atoms with E-state index >= 15 is 0 Å². The van der Waals surface area contributed by atoms with Gasteiger partial charge in [0.15, 0.2) is 0 Å². The predicted molar refractivity (Wildman–Crippen MR) is 53.8 cm³/mol. The van der Waals surface area contributed by atoms with Crippen molar-refractivity contribution in [2.45, 2.75) is 19.3 Å². The molecule has 0 aromatic carbocycles. The Labute approximate surface area is 78.4 Å². The molecule has 0 spiro atoms. The molecule has 1 atom stereocenters. The molecule has 1 aliphatic carbocycles. The van der Waals surface area contributed by atoms with Gasteiger partial charge in [0.2, 0.25) is 0 Å². The van der Waals surface area contributed by atoms with Crippen LogP contribution in [0.15, 0.2) is 28.4 Å². The zero-order chi connectivity index (χ0) is 8.67. The quantitative estimate of drug-likeness (QED) is 0.593. The molecule has 2 heteroatoms. The van der Waals surface area contributed by atoms with Crippen LogP contribution in [0.2, 0.25) is 0 Å². The number of piperidine rings is 1. The molecule has 2 nitrogen and oxygen atoms in total. The molecule has 13 heavy (non-hydrogen) atoms. The zero-order valence-electron chi connectivity index (χ0n) is 7.71. The Morgan fingerprint density at radius 2 is 2.46 bits per heavy atom. The summed E-state index contributed by atoms with van der Waals surface area (Å²) in [5.41, 5.74) is 4.26. The summed E-state index contributed by atoms with van der Waals surface area (Å²) in [7, 11) is 0. The highest BCUT2D eigenvalue weighted by Crippen LogP contribution is 2.35. The minimum absolute atomic E-state index is 0.696. The number of hydrogen-bond donors (Lipinski definition) is 1. The Hall–Kier alpha value is -0.890. The van der Waals surface area contributed by atoms with Crippen LogP contribution in [-0.2, 0) is 0 Å². The first-order valence-electron chi connectivity index (χ1n) is 5.13. The number of nitrogens with one attached hydrogen (secondary N) is 1. The Morgan fingerprint density at radius 3 is 3.46 bits per heavy atom. The van der Waals surface area contributed by atoms with Gasteiger partial charge in [-0.25, -0.2) is 0 Å². The van der Waals surface area contributed by atoms with Gasteiger partial charge in [0, 0.05) is 18.2 Å². The fourth-order valence-electron chi connectivity index (χ4n) is 2.53. The number of aliphatic imine (C=N–C) groups is 1. The molecule has 0 aromatic rings. The van der Waals surface area contributed by atoms with E-state index in [1.807, 2.05) is 0 Å². The summed E-state index contributed by atoms with van der Waals surface area (Å²) in [6.07, 6.45) is 8.15. The average Bonchev–Trinajstić information content (AvgIpc) is 2.56. The van der Waals surface area contributed by atoms with E-state index in [2.05, 4.69) is 22.5 Å². The van der Waals surface area contributed by atoms with Crippen LogP contribution in [-0.4, -0.2) is 18.8 Å². The van der Waals surface area contributed by atoms with Gasteiger partial charge >= 0.3 is 0 Å². The SMILES string of the molecule is C1=CC2=C(CC1)C1CCNCC1=N2. The lowest BCUT2D eigenvalue weighted by Gasteiger charge is -2.23. The van der Waals surface area contributed by atoms with Gasteiger partial charge in [-0.2, -0.15) is 0 Å². The van der Waals surface area contributed by atoms with Gasteiger partial charge in [0.05, 0.1) is 5.70 Å². The van der Waals surface area contributed by atoms with Crippen LogP contribution in [0.1, 0.15) is 19.3 Å². The molecule has 68 valence electrons. The van der Waals surface area contributed by atoms with Crippen molar-refractivity contribution in [1.29, 1.82) is 0 Å². The van der Waals surface area contributed by atoms with Crippen molar-refractivity contribution in [1.82, 2.24) is 5.32 Å². The van der Waals surface area contributed by atoms with E-state index in [0.717, 1.165) is 13.1 Å². The Balaban J connectivity index is 1.97. The van der Waals surface area contributed by atoms with Crippen LogP contribution in [0.4, 0.5) is 0 Å². The molecule has 1 fully saturated rings. The van der Waals surface area contributed by atoms with Crippen molar-refractivity contribution >= 4 is 5.71 Å². The molecule has 0 amide bonds. The van der Waals surface area contributed by atoms with Gasteiger partial charge < -0.3 is 5.32 Å². The summed E-state index contributed by atoms with van der Waals surface area (Å²) < 4.78 is 0. The third-order valence-corrected chi connectivity index (χ3v) is 3.19. The summed E-state index contributed by atoms with van der Waals surface area (Å²) in [6.45, 7) is 2.16. The summed E-state index contributed by atoms with van der Waals surface area (Å²) in [4.78, 5) is 4.68. The second kappa shape index (κ2) is 2.81. The van der Waals surface area contributed by atoms with Gasteiger partial charge in [-0.05, 0) is 37.5 Å². The van der Waals surface area contributed by atoms with Crippen molar-refractivity contribution in [3.05, 3.63) is 23.4 Å². The van der Waals surface area contributed by atoms with Crippen molar-refractivity contribution in [2.75, 3.05) is 13.1 Å². The van der Waals surface area contributed by atoms with Crippen molar-refractivity contribution < 1.29 is 0 Å². The van der Waals surface area contributed by atoms with Crippen LogP contribution >= 0.6 is 0 Å². The van der Waals surface area contributed by atoms with E-state index in [0.29, 0.717) is 5.92 Å². The Bertz CT molecular complexity index is 323. The third kappa shape index (κ3) is 1.09. The van der Waals surface area contributed by atoms with Crippen molar-refractivity contribution in [3.63, 3.8) is 0 Å². The monoisotopic (exact) mass is 174 g/mol. The summed E-state index contributed by atoms with van der Waals surface area (Å²) in [5.74, 6) is 0.696. The molecule has 2 aliphatic heterocycles. The van der Waals surface area contributed by atoms with Gasteiger partial charge in [0.1, 0.15) is 0 Å². The second-order valence-corrected chi connectivity index (χ2v) is 3.97. The first-order valence-corrected chi connectivity index (χ1v) is 5.13. The van der Waals surface area contributed by atoms with Crippen LogP contribution in [0.3, 0.4) is 0 Å². The lowest BCUT2D eigenvalue weighted by Crippen LogP contribution is -2.36. The topological polar surface area (TPSA) is 24.4 Å². The van der Waals surface area contributed by atoms with E-state index in [9.17, 15) is 0 Å². The first kappa shape index (κ1) is 7.51. The molecule has 1 unspecified atom stereocenters. The molecule has 0 radical (unpaired) electrons. The molecule has 1 saturated heterocycles. The number of allylic oxidation sites excluding steroid dienone is 3. The minimum Gasteiger partial charge on any atom is -0.311 e. The molecule has 1 N–H and O–H groups in total. The first-order chi connectivity index (χ1) is 6.45. The zero-order valence-corrected chi connectivity index (χ0v) is 7.71. The van der Waals surface area contributed by atoms with E-state index in [4.69, 9.17) is 0 Å². The normalized spacial score (nSPS) is 31.4. The maximum absolute atomic E-state index is 4.68. The predicted octanol–water partition coefficient (Wildman–Crippen LogP) is 1.65. The number of fused-ring (bicyclic) bond motifs is 2. The minimum atomic E-state index is 0.696. The van der Waals surface area contributed by atoms with E-state index in [1.54, 1.807) is 5.57 Å². The van der Waals surface area contributed by atoms with E-state index in [1.165, 1.54) is 30.7 Å². The number of hydrogen-bond acceptors (Lipinski definition) is 2. The maximum atomic E-state index is 4.68. The molecule has 0 saturated carbocycles. The average molecular weight is 174 g/mol. The van der Waals surface area contributed by atoms with Crippen LogP contribution < -0.4 is 5.32 Å². The standard InChI is InChI=1S/C11H14N2/c1-2-4-10-8(3-1)9-5-6-12-7-11(9)13-10/h2,4,9,12H,1,3,5-7H2. The number of rotatable bonds is 0. The lowest BCUT2D eigenvalue weighted by atomic mass is 9.85. The van der Waals surface area contributed by atoms with E-state index < -0.39 is 0 Å². The van der Waals surface area contributed by atoms with Crippen molar-refractivity contribution in [2.24, 2.45) is 10.9 Å². The largest absolute Gasteiger partial charge is 0.311 e. The van der Waals surface area contributed by atoms with Crippen LogP contribution in [0, 0.1) is 5.92 Å². The van der Waals surface area contributed by atoms with Crippen LogP contribution in [0.25, 0.3) is 0 Å². The van der Waals surface area contributed by atoms with E-state index in [-0.39, 0.29) is 0 Å². The van der Waals surface area contributed by atoms with Gasteiger partial charge in [-0.3, -0.25) is 4.99 Å². The number of nitrogens with zero attached hydrogens (tertiary/aromatic N) is 1. The lowest BCUT2D eigenvalue weighted by molar-refractivity contribution is 0.581. The molecule has 0 bridgehead atoms. The van der Waals surface area contributed by atoms with Gasteiger partial charge in [0.25, 0.3) is 0 Å². The maximum Gasteiger partial charge on any atom is 0.0625 e. The smallest absolute Gasteiger partial charge is 0.0625 e. The molecule has 0 aromatic heterocycles. The highest BCUT2D eigenvalue weighted by atomic mass is 14.9. The second-order valence-electron chi connectivity index (χ2n) is 3.97. The van der Waals surface area contributed by atoms with Gasteiger partial charge in [-0.15, -0.1) is 0 Å². The molecular formula is C11H14N2. The summed E-state index contributed by atoms with van der Waals surface area (Å²) >= 11 is 0. The molecule has 2 heterocycles. The van der Waals surface area contributed by atoms with Crippen LogP contribution in [0.5, 0.6) is 0 Å².